The lowest BCUT2D eigenvalue weighted by Crippen LogP contribution is -2.51. The molecule has 0 amide bonds. The average molecular weight is 487 g/mol. The van der Waals surface area contributed by atoms with Gasteiger partial charge in [-0.2, -0.15) is 0 Å². The number of unbranched alkanes of at least 4 members (excludes halogenated alkanes) is 19. The highest BCUT2D eigenvalue weighted by atomic mass is 15.4. The van der Waals surface area contributed by atoms with Crippen molar-refractivity contribution in [2.24, 2.45) is 0 Å². The third-order valence-electron chi connectivity index (χ3n) is 8.12. The zero-order valence-corrected chi connectivity index (χ0v) is 24.5. The minimum absolute atomic E-state index is 1.24. The molecule has 0 aliphatic heterocycles. The first kappa shape index (κ1) is 32.2. The summed E-state index contributed by atoms with van der Waals surface area (Å²) in [6.07, 6.45) is 31.3. The van der Waals surface area contributed by atoms with E-state index in [9.17, 15) is 0 Å². The van der Waals surface area contributed by atoms with Crippen molar-refractivity contribution in [3.8, 4) is 0 Å². The van der Waals surface area contributed by atoms with E-state index in [-0.39, 0.29) is 0 Å². The number of para-hydroxylation sites is 1. The lowest BCUT2D eigenvalue weighted by molar-refractivity contribution is 0.255. The Hall–Kier alpha value is -0.820. The first-order valence-electron chi connectivity index (χ1n) is 16.2. The van der Waals surface area contributed by atoms with Crippen LogP contribution in [0.15, 0.2) is 30.3 Å². The maximum atomic E-state index is 2.42. The number of hydrogen-bond acceptors (Lipinski definition) is 0. The molecule has 0 saturated carbocycles. The first-order chi connectivity index (χ1) is 17.3. The second-order valence-electron chi connectivity index (χ2n) is 11.4. The van der Waals surface area contributed by atoms with Gasteiger partial charge in [-0.3, -0.25) is 4.48 Å². The van der Waals surface area contributed by atoms with E-state index in [1.807, 2.05) is 0 Å². The molecular weight excluding hydrogens is 422 g/mol. The van der Waals surface area contributed by atoms with E-state index >= 15 is 0 Å². The standard InChI is InChI=1S/C34H64N/c1-4-7-10-12-14-16-18-20-22-27-32-35(31-9-6-3,34-29-25-24-26-30-34)33-28-23-21-19-17-15-13-11-8-5-2/h24-26,29-30H,4-23,27-28,31-33H2,1-3H3/q+1. The molecule has 0 bridgehead atoms. The van der Waals surface area contributed by atoms with E-state index in [1.165, 1.54) is 165 Å². The Balaban J connectivity index is 2.43. The van der Waals surface area contributed by atoms with Crippen LogP contribution in [0.4, 0.5) is 5.69 Å². The summed E-state index contributed by atoms with van der Waals surface area (Å²) < 4.78 is 1.24. The topological polar surface area (TPSA) is 0 Å². The van der Waals surface area contributed by atoms with E-state index in [0.717, 1.165) is 0 Å². The Labute approximate surface area is 222 Å². The highest BCUT2D eigenvalue weighted by Crippen LogP contribution is 2.27. The maximum Gasteiger partial charge on any atom is 0.132 e. The monoisotopic (exact) mass is 487 g/mol. The molecule has 1 heteroatoms. The average Bonchev–Trinajstić information content (AvgIpc) is 2.89. The van der Waals surface area contributed by atoms with Crippen molar-refractivity contribution in [1.29, 1.82) is 0 Å². The largest absolute Gasteiger partial charge is 0.291 e. The molecule has 0 heterocycles. The molecule has 0 aromatic heterocycles. The molecule has 1 aromatic carbocycles. The van der Waals surface area contributed by atoms with E-state index < -0.39 is 0 Å². The zero-order valence-electron chi connectivity index (χ0n) is 24.5. The van der Waals surface area contributed by atoms with Crippen molar-refractivity contribution in [3.63, 3.8) is 0 Å². The maximum absolute atomic E-state index is 2.42. The molecule has 0 spiro atoms. The Bertz CT molecular complexity index is 513. The van der Waals surface area contributed by atoms with E-state index in [1.54, 1.807) is 5.69 Å². The molecular formula is C34H64N+. The minimum Gasteiger partial charge on any atom is -0.291 e. The molecule has 0 aliphatic rings. The highest BCUT2D eigenvalue weighted by molar-refractivity contribution is 5.42. The number of quaternary nitrogens is 1. The second kappa shape index (κ2) is 23.6. The minimum atomic E-state index is 1.24. The van der Waals surface area contributed by atoms with Crippen LogP contribution in [0.25, 0.3) is 0 Å². The summed E-state index contributed by atoms with van der Waals surface area (Å²) in [5, 5.41) is 0. The van der Waals surface area contributed by atoms with Crippen LogP contribution in [-0.2, 0) is 0 Å². The van der Waals surface area contributed by atoms with Crippen LogP contribution in [-0.4, -0.2) is 19.6 Å². The highest BCUT2D eigenvalue weighted by Gasteiger charge is 2.28. The zero-order chi connectivity index (χ0) is 25.3. The van der Waals surface area contributed by atoms with Crippen LogP contribution >= 0.6 is 0 Å². The van der Waals surface area contributed by atoms with Gasteiger partial charge in [-0.1, -0.05) is 148 Å². The molecule has 0 fully saturated rings. The number of rotatable bonds is 26. The molecule has 1 rings (SSSR count). The molecule has 1 aromatic rings. The second-order valence-corrected chi connectivity index (χ2v) is 11.4. The van der Waals surface area contributed by atoms with Crippen molar-refractivity contribution < 1.29 is 0 Å². The van der Waals surface area contributed by atoms with Crippen LogP contribution in [0.3, 0.4) is 0 Å². The van der Waals surface area contributed by atoms with Gasteiger partial charge in [0.05, 0.1) is 19.6 Å². The van der Waals surface area contributed by atoms with E-state index in [4.69, 9.17) is 0 Å². The quantitative estimate of drug-likeness (QED) is 0.0901. The Morgan fingerprint density at radius 2 is 0.686 bits per heavy atom. The van der Waals surface area contributed by atoms with Gasteiger partial charge in [0.25, 0.3) is 0 Å². The smallest absolute Gasteiger partial charge is 0.132 e. The van der Waals surface area contributed by atoms with Crippen molar-refractivity contribution in [1.82, 2.24) is 4.48 Å². The van der Waals surface area contributed by atoms with Gasteiger partial charge in [0.15, 0.2) is 0 Å². The van der Waals surface area contributed by atoms with Gasteiger partial charge in [0, 0.05) is 0 Å². The lowest BCUT2D eigenvalue weighted by Gasteiger charge is -2.39. The third kappa shape index (κ3) is 16.5. The summed E-state index contributed by atoms with van der Waals surface area (Å²) in [5.41, 5.74) is 1.58. The Kier molecular flexibility index (Phi) is 21.7. The van der Waals surface area contributed by atoms with E-state index in [0.29, 0.717) is 0 Å². The molecule has 1 nitrogen and oxygen atoms in total. The molecule has 0 aliphatic carbocycles. The number of hydrogen-bond donors (Lipinski definition) is 0. The summed E-state index contributed by atoms with van der Waals surface area (Å²) in [6, 6.07) is 11.6. The molecule has 0 unspecified atom stereocenters. The molecule has 35 heavy (non-hydrogen) atoms. The van der Waals surface area contributed by atoms with Gasteiger partial charge < -0.3 is 0 Å². The Morgan fingerprint density at radius 3 is 1.06 bits per heavy atom. The summed E-state index contributed by atoms with van der Waals surface area (Å²) in [7, 11) is 0. The molecule has 0 atom stereocenters. The van der Waals surface area contributed by atoms with Gasteiger partial charge in [-0.15, -0.1) is 0 Å². The van der Waals surface area contributed by atoms with Gasteiger partial charge >= 0.3 is 0 Å². The predicted octanol–water partition coefficient (Wildman–Crippen LogP) is 11.6. The predicted molar refractivity (Wildman–Crippen MR) is 161 cm³/mol. The molecule has 204 valence electrons. The van der Waals surface area contributed by atoms with Crippen molar-refractivity contribution in [3.05, 3.63) is 30.3 Å². The van der Waals surface area contributed by atoms with Crippen molar-refractivity contribution >= 4 is 5.69 Å². The SMILES string of the molecule is CCCCCCCCCCCC[N+](CCCC)(CCCCCCCCCCCC)c1ccccc1. The summed E-state index contributed by atoms with van der Waals surface area (Å²) in [6.45, 7) is 11.0. The van der Waals surface area contributed by atoms with Gasteiger partial charge in [-0.05, 0) is 44.2 Å². The van der Waals surface area contributed by atoms with E-state index in [2.05, 4.69) is 51.1 Å². The fraction of sp³-hybridized carbons (Fsp3) is 0.824. The van der Waals surface area contributed by atoms with Gasteiger partial charge in [0.2, 0.25) is 0 Å². The normalized spacial score (nSPS) is 11.9. The summed E-state index contributed by atoms with van der Waals surface area (Å²) >= 11 is 0. The van der Waals surface area contributed by atoms with Crippen LogP contribution < -0.4 is 4.48 Å². The van der Waals surface area contributed by atoms with Crippen LogP contribution in [0.2, 0.25) is 0 Å². The lowest BCUT2D eigenvalue weighted by atomic mass is 10.0. The van der Waals surface area contributed by atoms with Crippen LogP contribution in [0.1, 0.15) is 162 Å². The fourth-order valence-corrected chi connectivity index (χ4v) is 5.73. The molecule has 0 saturated heterocycles. The molecule has 0 N–H and O–H groups in total. The van der Waals surface area contributed by atoms with Crippen molar-refractivity contribution in [2.45, 2.75) is 162 Å². The first-order valence-corrected chi connectivity index (χ1v) is 16.2. The van der Waals surface area contributed by atoms with Crippen LogP contribution in [0, 0.1) is 0 Å². The number of nitrogens with zero attached hydrogens (tertiary/aromatic N) is 1. The van der Waals surface area contributed by atoms with Gasteiger partial charge in [-0.25, -0.2) is 0 Å². The van der Waals surface area contributed by atoms with Gasteiger partial charge in [0.1, 0.15) is 5.69 Å². The number of benzene rings is 1. The summed E-state index contributed by atoms with van der Waals surface area (Å²) in [5.74, 6) is 0. The summed E-state index contributed by atoms with van der Waals surface area (Å²) in [4.78, 5) is 0. The third-order valence-corrected chi connectivity index (χ3v) is 8.12. The Morgan fingerprint density at radius 1 is 0.371 bits per heavy atom. The molecule has 0 radical (unpaired) electrons. The van der Waals surface area contributed by atoms with Crippen LogP contribution in [0.5, 0.6) is 0 Å². The van der Waals surface area contributed by atoms with Crippen molar-refractivity contribution in [2.75, 3.05) is 19.6 Å². The fourth-order valence-electron chi connectivity index (χ4n) is 5.73.